The Morgan fingerprint density at radius 2 is 1.93 bits per heavy atom. The third-order valence-electron chi connectivity index (χ3n) is 3.87. The Bertz CT molecular complexity index is 892. The highest BCUT2D eigenvalue weighted by Crippen LogP contribution is 2.33. The second kappa shape index (κ2) is 9.68. The van der Waals surface area contributed by atoms with Crippen molar-refractivity contribution in [2.75, 3.05) is 7.11 Å². The van der Waals surface area contributed by atoms with Gasteiger partial charge in [-0.1, -0.05) is 6.07 Å². The van der Waals surface area contributed by atoms with E-state index in [1.54, 1.807) is 12.1 Å². The molecule has 9 heteroatoms. The molecule has 8 nitrogen and oxygen atoms in total. The van der Waals surface area contributed by atoms with E-state index in [1.165, 1.54) is 43.8 Å². The molecule has 2 rings (SSSR count). The number of terminal acetylenes is 1. The average Bonchev–Trinajstić information content (AvgIpc) is 2.69. The highest BCUT2D eigenvalue weighted by atomic mass is 32.2. The monoisotopic (exact) mass is 392 g/mol. The van der Waals surface area contributed by atoms with Gasteiger partial charge >= 0.3 is 5.97 Å². The number of hydrogen-bond donors (Lipinski definition) is 3. The zero-order valence-electron chi connectivity index (χ0n) is 14.6. The Labute approximate surface area is 157 Å². The molecule has 0 spiro atoms. The first-order valence-corrected chi connectivity index (χ1v) is 9.06. The number of benzene rings is 1. The van der Waals surface area contributed by atoms with Crippen LogP contribution >= 0.6 is 0 Å². The van der Waals surface area contributed by atoms with E-state index >= 15 is 0 Å². The van der Waals surface area contributed by atoms with Crippen LogP contribution in [0, 0.1) is 12.3 Å². The summed E-state index contributed by atoms with van der Waals surface area (Å²) < 4.78 is 29.1. The maximum absolute atomic E-state index is 13.2. The molecule has 0 saturated heterocycles. The molecule has 0 amide bonds. The third-order valence-corrected chi connectivity index (χ3v) is 6.26. The summed E-state index contributed by atoms with van der Waals surface area (Å²) in [5.41, 5.74) is 0.470. The van der Waals surface area contributed by atoms with Crippen LogP contribution in [0.1, 0.15) is 12.0 Å². The van der Waals surface area contributed by atoms with E-state index in [1.807, 2.05) is 0 Å². The fourth-order valence-corrected chi connectivity index (χ4v) is 4.30. The summed E-state index contributed by atoms with van der Waals surface area (Å²) in [5.74, 6) is 4.67. The molecule has 27 heavy (non-hydrogen) atoms. The molecule has 0 fully saturated rings. The van der Waals surface area contributed by atoms with Gasteiger partial charge in [0.25, 0.3) is 0 Å². The van der Waals surface area contributed by atoms with E-state index in [-0.39, 0.29) is 11.3 Å². The Hall–Kier alpha value is -2.93. The van der Waals surface area contributed by atoms with Crippen LogP contribution in [0.5, 0.6) is 5.75 Å². The fourth-order valence-electron chi connectivity index (χ4n) is 2.50. The van der Waals surface area contributed by atoms with E-state index in [0.717, 1.165) is 0 Å². The van der Waals surface area contributed by atoms with Crippen LogP contribution in [0.3, 0.4) is 0 Å². The molecule has 0 aliphatic carbocycles. The molecular formula is C18H20N2O6S. The number of carbonyl (C=O) groups is 1. The van der Waals surface area contributed by atoms with Crippen molar-refractivity contribution < 1.29 is 28.3 Å². The van der Waals surface area contributed by atoms with Crippen LogP contribution < -0.4 is 10.6 Å². The van der Waals surface area contributed by atoms with Gasteiger partial charge in [0.2, 0.25) is 0 Å². The van der Waals surface area contributed by atoms with Gasteiger partial charge in [-0.25, -0.2) is 14.3 Å². The summed E-state index contributed by atoms with van der Waals surface area (Å²) in [6, 6.07) is 8.76. The highest BCUT2D eigenvalue weighted by molar-refractivity contribution is 7.93. The normalized spacial score (nSPS) is 12.7. The zero-order chi connectivity index (χ0) is 20.5. The number of sulfone groups is 1. The summed E-state index contributed by atoms with van der Waals surface area (Å²) in [6.45, 7) is 0. The Kier molecular flexibility index (Phi) is 7.93. The SMILES string of the molecule is C#CCC(Cc1cccnc1)(C(=O)O)S(=O)(=O)c1ccc(OC)cc1.NO. The number of nitrogens with two attached hydrogens (primary N) is 1. The number of nitrogens with zero attached hydrogens (tertiary/aromatic N) is 1. The summed E-state index contributed by atoms with van der Waals surface area (Å²) >= 11 is 0. The molecule has 1 unspecified atom stereocenters. The predicted octanol–water partition coefficient (Wildman–Crippen LogP) is 1.29. The fraction of sp³-hybridized carbons (Fsp3) is 0.222. The molecular weight excluding hydrogens is 372 g/mol. The second-order valence-corrected chi connectivity index (χ2v) is 7.66. The van der Waals surface area contributed by atoms with Crippen molar-refractivity contribution in [2.24, 2.45) is 5.90 Å². The Morgan fingerprint density at radius 3 is 2.37 bits per heavy atom. The van der Waals surface area contributed by atoms with Crippen molar-refractivity contribution in [2.45, 2.75) is 22.5 Å². The first-order chi connectivity index (χ1) is 12.9. The van der Waals surface area contributed by atoms with Gasteiger partial charge in [0.15, 0.2) is 14.6 Å². The van der Waals surface area contributed by atoms with Gasteiger partial charge in [0, 0.05) is 25.2 Å². The van der Waals surface area contributed by atoms with Crippen LogP contribution in [0.25, 0.3) is 0 Å². The van der Waals surface area contributed by atoms with Crippen molar-refractivity contribution in [3.8, 4) is 18.1 Å². The standard InChI is InChI=1S/C18H17NO5S.H3NO/c1-3-10-18(17(20)21,12-14-5-4-11-19-13-14)25(22,23)16-8-6-15(24-2)7-9-16;1-2/h1,4-9,11,13H,10,12H2,2H3,(H,20,21);2H,1H2. The summed E-state index contributed by atoms with van der Waals surface area (Å²) in [5, 5.41) is 16.3. The van der Waals surface area contributed by atoms with Gasteiger partial charge in [0.1, 0.15) is 5.75 Å². The number of carboxylic acid groups (broad SMARTS) is 1. The predicted molar refractivity (Wildman–Crippen MR) is 97.9 cm³/mol. The molecule has 0 aliphatic rings. The van der Waals surface area contributed by atoms with E-state index in [2.05, 4.69) is 16.8 Å². The molecule has 1 atom stereocenters. The van der Waals surface area contributed by atoms with Gasteiger partial charge in [-0.3, -0.25) is 9.78 Å². The molecule has 1 aromatic heterocycles. The highest BCUT2D eigenvalue weighted by Gasteiger charge is 2.51. The van der Waals surface area contributed by atoms with E-state index in [9.17, 15) is 18.3 Å². The first-order valence-electron chi connectivity index (χ1n) is 7.57. The van der Waals surface area contributed by atoms with Crippen molar-refractivity contribution >= 4 is 15.8 Å². The van der Waals surface area contributed by atoms with Crippen molar-refractivity contribution in [3.63, 3.8) is 0 Å². The molecule has 2 aromatic rings. The molecule has 4 N–H and O–H groups in total. The summed E-state index contributed by atoms with van der Waals surface area (Å²) in [4.78, 5) is 15.8. The maximum atomic E-state index is 13.2. The average molecular weight is 392 g/mol. The van der Waals surface area contributed by atoms with Gasteiger partial charge in [-0.15, -0.1) is 12.3 Å². The first kappa shape index (κ1) is 22.1. The minimum Gasteiger partial charge on any atom is -0.497 e. The van der Waals surface area contributed by atoms with Gasteiger partial charge in [0.05, 0.1) is 12.0 Å². The third kappa shape index (κ3) is 4.62. The molecule has 144 valence electrons. The minimum absolute atomic E-state index is 0.130. The smallest absolute Gasteiger partial charge is 0.326 e. The maximum Gasteiger partial charge on any atom is 0.326 e. The lowest BCUT2D eigenvalue weighted by Crippen LogP contribution is -2.48. The van der Waals surface area contributed by atoms with Crippen molar-refractivity contribution in [3.05, 3.63) is 54.4 Å². The Morgan fingerprint density at radius 1 is 1.30 bits per heavy atom. The van der Waals surface area contributed by atoms with Crippen LogP contribution in [-0.2, 0) is 21.1 Å². The largest absolute Gasteiger partial charge is 0.497 e. The summed E-state index contributed by atoms with van der Waals surface area (Å²) in [6.07, 6.45) is 7.51. The molecule has 0 aliphatic heterocycles. The molecule has 0 bridgehead atoms. The van der Waals surface area contributed by atoms with Crippen molar-refractivity contribution in [1.82, 2.24) is 4.98 Å². The number of ether oxygens (including phenoxy) is 1. The van der Waals surface area contributed by atoms with Gasteiger partial charge < -0.3 is 15.1 Å². The number of aromatic nitrogens is 1. The number of pyridine rings is 1. The van der Waals surface area contributed by atoms with Crippen LogP contribution in [-0.4, -0.2) is 41.5 Å². The van der Waals surface area contributed by atoms with Crippen LogP contribution in [0.15, 0.2) is 53.7 Å². The van der Waals surface area contributed by atoms with Crippen LogP contribution in [0.2, 0.25) is 0 Å². The lowest BCUT2D eigenvalue weighted by molar-refractivity contribution is -0.140. The van der Waals surface area contributed by atoms with Crippen molar-refractivity contribution in [1.29, 1.82) is 0 Å². The lowest BCUT2D eigenvalue weighted by atomic mass is 9.96. The number of carboxylic acids is 1. The molecule has 0 radical (unpaired) electrons. The number of methoxy groups -OCH3 is 1. The quantitative estimate of drug-likeness (QED) is 0.473. The zero-order valence-corrected chi connectivity index (χ0v) is 15.4. The number of rotatable bonds is 7. The number of aliphatic carboxylic acids is 1. The van der Waals surface area contributed by atoms with E-state index in [4.69, 9.17) is 16.4 Å². The van der Waals surface area contributed by atoms with Gasteiger partial charge in [-0.05, 0) is 35.9 Å². The Balaban J connectivity index is 0.00000176. The molecule has 1 heterocycles. The van der Waals surface area contributed by atoms with Crippen LogP contribution in [0.4, 0.5) is 0 Å². The lowest BCUT2D eigenvalue weighted by Gasteiger charge is -2.27. The van der Waals surface area contributed by atoms with E-state index < -0.39 is 27.0 Å². The number of hydrogen-bond acceptors (Lipinski definition) is 7. The minimum atomic E-state index is -4.27. The summed E-state index contributed by atoms with van der Waals surface area (Å²) in [7, 11) is -2.82. The molecule has 0 saturated carbocycles. The second-order valence-electron chi connectivity index (χ2n) is 5.40. The van der Waals surface area contributed by atoms with Gasteiger partial charge in [-0.2, -0.15) is 0 Å². The topological polar surface area (TPSA) is 140 Å². The van der Waals surface area contributed by atoms with E-state index in [0.29, 0.717) is 11.3 Å². The molecule has 1 aromatic carbocycles.